The second-order valence-corrected chi connectivity index (χ2v) is 6.32. The van der Waals surface area contributed by atoms with Crippen LogP contribution in [-0.2, 0) is 6.42 Å². The van der Waals surface area contributed by atoms with E-state index < -0.39 is 0 Å². The highest BCUT2D eigenvalue weighted by molar-refractivity contribution is 7.09. The topological polar surface area (TPSA) is 38.1 Å². The van der Waals surface area contributed by atoms with E-state index in [9.17, 15) is 0 Å². The highest BCUT2D eigenvalue weighted by atomic mass is 32.1. The summed E-state index contributed by atoms with van der Waals surface area (Å²) in [7, 11) is 0. The van der Waals surface area contributed by atoms with Crippen molar-refractivity contribution in [2.45, 2.75) is 32.7 Å². The zero-order chi connectivity index (χ0) is 14.7. The number of furan rings is 1. The molecule has 0 saturated heterocycles. The van der Waals surface area contributed by atoms with Crippen LogP contribution >= 0.6 is 11.3 Å². The number of aromatic nitrogens is 1. The van der Waals surface area contributed by atoms with Crippen LogP contribution in [0.5, 0.6) is 0 Å². The molecule has 3 rings (SSSR count). The molecule has 0 fully saturated rings. The lowest BCUT2D eigenvalue weighted by Gasteiger charge is -2.16. The van der Waals surface area contributed by atoms with Crippen molar-refractivity contribution in [1.29, 1.82) is 0 Å². The maximum Gasteiger partial charge on any atom is 0.134 e. The normalized spacial score (nSPS) is 12.9. The average Bonchev–Trinajstić information content (AvgIpc) is 3.09. The number of thiazole rings is 1. The van der Waals surface area contributed by atoms with Crippen molar-refractivity contribution in [1.82, 2.24) is 10.3 Å². The average molecular weight is 300 g/mol. The minimum Gasteiger partial charge on any atom is -0.464 e. The van der Waals surface area contributed by atoms with Gasteiger partial charge in [0.05, 0.1) is 17.0 Å². The van der Waals surface area contributed by atoms with Crippen LogP contribution in [0.25, 0.3) is 11.0 Å². The van der Waals surface area contributed by atoms with Crippen molar-refractivity contribution in [2.24, 2.45) is 0 Å². The van der Waals surface area contributed by atoms with Gasteiger partial charge < -0.3 is 9.73 Å². The third-order valence-corrected chi connectivity index (χ3v) is 4.43. The highest BCUT2D eigenvalue weighted by Gasteiger charge is 2.18. The third kappa shape index (κ3) is 3.17. The first-order valence-corrected chi connectivity index (χ1v) is 8.26. The standard InChI is InChI=1S/C17H20N2OS/c1-3-8-18-16(9-13-11-21-12(2)19-13)15-10-20-17-7-5-4-6-14(15)17/h4-7,10-11,16,18H,3,8-9H2,1-2H3. The van der Waals surface area contributed by atoms with Gasteiger partial charge in [-0.2, -0.15) is 0 Å². The van der Waals surface area contributed by atoms with E-state index in [1.54, 1.807) is 11.3 Å². The third-order valence-electron chi connectivity index (χ3n) is 3.61. The van der Waals surface area contributed by atoms with E-state index in [1.165, 1.54) is 10.9 Å². The van der Waals surface area contributed by atoms with Crippen molar-refractivity contribution in [3.8, 4) is 0 Å². The predicted molar refractivity (Wildman–Crippen MR) is 87.8 cm³/mol. The first kappa shape index (κ1) is 14.3. The molecule has 21 heavy (non-hydrogen) atoms. The van der Waals surface area contributed by atoms with Crippen LogP contribution < -0.4 is 5.32 Å². The predicted octanol–water partition coefficient (Wildman–Crippen LogP) is 4.48. The molecule has 2 heterocycles. The van der Waals surface area contributed by atoms with E-state index in [1.807, 2.05) is 18.4 Å². The number of benzene rings is 1. The van der Waals surface area contributed by atoms with Gasteiger partial charge in [-0.15, -0.1) is 11.3 Å². The van der Waals surface area contributed by atoms with Gasteiger partial charge in [-0.05, 0) is 26.0 Å². The Bertz CT molecular complexity index is 716. The Kier molecular flexibility index (Phi) is 4.36. The van der Waals surface area contributed by atoms with Crippen LogP contribution in [-0.4, -0.2) is 11.5 Å². The Balaban J connectivity index is 1.91. The summed E-state index contributed by atoms with van der Waals surface area (Å²) in [6.45, 7) is 5.23. The van der Waals surface area contributed by atoms with E-state index >= 15 is 0 Å². The number of nitrogens with one attached hydrogen (secondary N) is 1. The Morgan fingerprint density at radius 2 is 2.19 bits per heavy atom. The number of rotatable bonds is 6. The molecule has 4 heteroatoms. The largest absolute Gasteiger partial charge is 0.464 e. The fourth-order valence-electron chi connectivity index (χ4n) is 2.59. The number of aryl methyl sites for hydroxylation is 1. The molecule has 110 valence electrons. The molecule has 0 amide bonds. The molecular formula is C17H20N2OS. The first-order chi connectivity index (χ1) is 10.3. The van der Waals surface area contributed by atoms with Crippen molar-refractivity contribution >= 4 is 22.3 Å². The summed E-state index contributed by atoms with van der Waals surface area (Å²) in [6.07, 6.45) is 3.90. The van der Waals surface area contributed by atoms with Gasteiger partial charge in [-0.1, -0.05) is 25.1 Å². The van der Waals surface area contributed by atoms with E-state index in [4.69, 9.17) is 4.42 Å². The second-order valence-electron chi connectivity index (χ2n) is 5.26. The van der Waals surface area contributed by atoms with Gasteiger partial charge in [0, 0.05) is 28.8 Å². The summed E-state index contributed by atoms with van der Waals surface area (Å²) in [6, 6.07) is 8.46. The van der Waals surface area contributed by atoms with Crippen LogP contribution in [0.3, 0.4) is 0 Å². The van der Waals surface area contributed by atoms with Gasteiger partial charge in [-0.3, -0.25) is 0 Å². The summed E-state index contributed by atoms with van der Waals surface area (Å²) in [5.41, 5.74) is 3.33. The fourth-order valence-corrected chi connectivity index (χ4v) is 3.22. The Morgan fingerprint density at radius 1 is 1.33 bits per heavy atom. The van der Waals surface area contributed by atoms with Crippen molar-refractivity contribution < 1.29 is 4.42 Å². The van der Waals surface area contributed by atoms with Gasteiger partial charge in [0.25, 0.3) is 0 Å². The number of para-hydroxylation sites is 1. The maximum atomic E-state index is 5.70. The molecule has 0 aliphatic rings. The SMILES string of the molecule is CCCNC(Cc1csc(C)n1)c1coc2ccccc12. The zero-order valence-electron chi connectivity index (χ0n) is 12.4. The molecule has 1 atom stereocenters. The smallest absolute Gasteiger partial charge is 0.134 e. The van der Waals surface area contributed by atoms with E-state index in [0.717, 1.165) is 35.7 Å². The molecular weight excluding hydrogens is 280 g/mol. The maximum absolute atomic E-state index is 5.70. The molecule has 1 aromatic carbocycles. The minimum atomic E-state index is 0.245. The molecule has 0 aliphatic heterocycles. The van der Waals surface area contributed by atoms with E-state index in [-0.39, 0.29) is 6.04 Å². The molecule has 0 aliphatic carbocycles. The number of fused-ring (bicyclic) bond motifs is 1. The van der Waals surface area contributed by atoms with E-state index in [2.05, 4.69) is 41.7 Å². The van der Waals surface area contributed by atoms with Gasteiger partial charge >= 0.3 is 0 Å². The van der Waals surface area contributed by atoms with Crippen LogP contribution in [0.15, 0.2) is 40.3 Å². The van der Waals surface area contributed by atoms with Crippen LogP contribution in [0.2, 0.25) is 0 Å². The molecule has 3 aromatic rings. The van der Waals surface area contributed by atoms with Gasteiger partial charge in [0.1, 0.15) is 5.58 Å². The first-order valence-electron chi connectivity index (χ1n) is 7.38. The number of hydrogen-bond donors (Lipinski definition) is 1. The van der Waals surface area contributed by atoms with E-state index in [0.29, 0.717) is 0 Å². The quantitative estimate of drug-likeness (QED) is 0.729. The Hall–Kier alpha value is -1.65. The van der Waals surface area contributed by atoms with Gasteiger partial charge in [0.15, 0.2) is 0 Å². The number of nitrogens with zero attached hydrogens (tertiary/aromatic N) is 1. The lowest BCUT2D eigenvalue weighted by molar-refractivity contribution is 0.516. The zero-order valence-corrected chi connectivity index (χ0v) is 13.2. The fraction of sp³-hybridized carbons (Fsp3) is 0.353. The Labute approximate surface area is 129 Å². The molecule has 1 N–H and O–H groups in total. The summed E-state index contributed by atoms with van der Waals surface area (Å²) in [5.74, 6) is 0. The van der Waals surface area contributed by atoms with Crippen molar-refractivity contribution in [2.75, 3.05) is 6.54 Å². The lowest BCUT2D eigenvalue weighted by Crippen LogP contribution is -2.24. The Morgan fingerprint density at radius 3 is 2.95 bits per heavy atom. The summed E-state index contributed by atoms with van der Waals surface area (Å²) >= 11 is 1.71. The summed E-state index contributed by atoms with van der Waals surface area (Å²) in [4.78, 5) is 4.60. The summed E-state index contributed by atoms with van der Waals surface area (Å²) < 4.78 is 5.70. The van der Waals surface area contributed by atoms with Crippen molar-refractivity contribution in [3.63, 3.8) is 0 Å². The van der Waals surface area contributed by atoms with Gasteiger partial charge in [0.2, 0.25) is 0 Å². The van der Waals surface area contributed by atoms with Crippen LogP contribution in [0.4, 0.5) is 0 Å². The highest BCUT2D eigenvalue weighted by Crippen LogP contribution is 2.28. The van der Waals surface area contributed by atoms with Gasteiger partial charge in [-0.25, -0.2) is 4.98 Å². The summed E-state index contributed by atoms with van der Waals surface area (Å²) in [5, 5.41) is 8.09. The molecule has 0 radical (unpaired) electrons. The van der Waals surface area contributed by atoms with Crippen LogP contribution in [0, 0.1) is 6.92 Å². The molecule has 1 unspecified atom stereocenters. The molecule has 0 spiro atoms. The molecule has 3 nitrogen and oxygen atoms in total. The van der Waals surface area contributed by atoms with Crippen LogP contribution in [0.1, 0.15) is 35.7 Å². The molecule has 0 saturated carbocycles. The second kappa shape index (κ2) is 6.41. The lowest BCUT2D eigenvalue weighted by atomic mass is 10.0. The van der Waals surface area contributed by atoms with Crippen molar-refractivity contribution in [3.05, 3.63) is 52.2 Å². The monoisotopic (exact) mass is 300 g/mol. The number of hydrogen-bond acceptors (Lipinski definition) is 4. The molecule has 0 bridgehead atoms. The minimum absolute atomic E-state index is 0.245. The molecule has 2 aromatic heterocycles.